The van der Waals surface area contributed by atoms with E-state index in [0.29, 0.717) is 0 Å². The summed E-state index contributed by atoms with van der Waals surface area (Å²) in [6.07, 6.45) is 3.65. The molecule has 1 rings (SSSR count). The van der Waals surface area contributed by atoms with Crippen molar-refractivity contribution in [2.45, 2.75) is 44.6 Å². The van der Waals surface area contributed by atoms with Crippen molar-refractivity contribution in [2.75, 3.05) is 6.54 Å². The van der Waals surface area contributed by atoms with Gasteiger partial charge in [-0.2, -0.15) is 0 Å². The molecule has 0 aromatic carbocycles. The van der Waals surface area contributed by atoms with Gasteiger partial charge in [-0.1, -0.05) is 12.8 Å². The highest BCUT2D eigenvalue weighted by molar-refractivity contribution is 5.93. The minimum absolute atomic E-state index is 0. The third kappa shape index (κ3) is 5.75. The number of hydrogen-bond acceptors (Lipinski definition) is 4. The molecule has 2 atom stereocenters. The summed E-state index contributed by atoms with van der Waals surface area (Å²) in [5.41, 5.74) is 10.4. The number of carbonyl (C=O) groups excluding carboxylic acids is 3. The van der Waals surface area contributed by atoms with Gasteiger partial charge < -0.3 is 16.8 Å². The van der Waals surface area contributed by atoms with Gasteiger partial charge in [-0.25, -0.2) is 4.79 Å². The summed E-state index contributed by atoms with van der Waals surface area (Å²) in [5.74, 6) is -0.857. The summed E-state index contributed by atoms with van der Waals surface area (Å²) in [4.78, 5) is 33.6. The zero-order chi connectivity index (χ0) is 14.5. The zero-order valence-corrected chi connectivity index (χ0v) is 12.4. The van der Waals surface area contributed by atoms with Crippen molar-refractivity contribution in [3.63, 3.8) is 0 Å². The van der Waals surface area contributed by atoms with Crippen LogP contribution in [0.15, 0.2) is 0 Å². The van der Waals surface area contributed by atoms with Gasteiger partial charge in [0.25, 0.3) is 0 Å². The summed E-state index contributed by atoms with van der Waals surface area (Å²) in [6.45, 7) is 2.06. The van der Waals surface area contributed by atoms with Crippen molar-refractivity contribution in [3.05, 3.63) is 0 Å². The second-order valence-electron chi connectivity index (χ2n) is 5.26. The number of halogens is 1. The van der Waals surface area contributed by atoms with Crippen LogP contribution < -0.4 is 22.1 Å². The second-order valence-corrected chi connectivity index (χ2v) is 5.26. The molecule has 0 saturated heterocycles. The molecule has 1 saturated carbocycles. The van der Waals surface area contributed by atoms with Crippen LogP contribution in [-0.2, 0) is 9.59 Å². The Balaban J connectivity index is 0.00000361. The zero-order valence-electron chi connectivity index (χ0n) is 11.6. The first-order valence-corrected chi connectivity index (χ1v) is 6.49. The summed E-state index contributed by atoms with van der Waals surface area (Å²) in [7, 11) is 0. The van der Waals surface area contributed by atoms with Gasteiger partial charge in [0.2, 0.25) is 11.8 Å². The predicted molar refractivity (Wildman–Crippen MR) is 77.2 cm³/mol. The Kier molecular flexibility index (Phi) is 7.52. The summed E-state index contributed by atoms with van der Waals surface area (Å²) in [6, 6.07) is -0.891. The normalized spacial score (nSPS) is 25.2. The van der Waals surface area contributed by atoms with Gasteiger partial charge in [0.1, 0.15) is 0 Å². The van der Waals surface area contributed by atoms with Crippen molar-refractivity contribution in [1.82, 2.24) is 10.6 Å². The van der Waals surface area contributed by atoms with Crippen LogP contribution in [0.5, 0.6) is 0 Å². The Labute approximate surface area is 124 Å². The molecule has 2 unspecified atom stereocenters. The molecule has 7 nitrogen and oxygen atoms in total. The molecule has 0 radical (unpaired) electrons. The van der Waals surface area contributed by atoms with Crippen molar-refractivity contribution in [3.8, 4) is 0 Å². The first-order valence-electron chi connectivity index (χ1n) is 6.49. The summed E-state index contributed by atoms with van der Waals surface area (Å²) in [5, 5.41) is 4.62. The van der Waals surface area contributed by atoms with Crippen LogP contribution in [0.25, 0.3) is 0 Å². The minimum atomic E-state index is -0.891. The number of hydrogen-bond donors (Lipinski definition) is 4. The van der Waals surface area contributed by atoms with Gasteiger partial charge in [0.15, 0.2) is 0 Å². The number of carbonyl (C=O) groups is 3. The van der Waals surface area contributed by atoms with E-state index < -0.39 is 17.5 Å². The molecule has 0 heterocycles. The van der Waals surface area contributed by atoms with E-state index in [2.05, 4.69) is 5.32 Å². The van der Waals surface area contributed by atoms with Crippen molar-refractivity contribution in [2.24, 2.45) is 17.4 Å². The highest BCUT2D eigenvalue weighted by Gasteiger charge is 2.37. The van der Waals surface area contributed by atoms with Gasteiger partial charge in [-0.05, 0) is 19.8 Å². The standard InChI is InChI=1S/C12H22N4O3.ClH/c1-12(14)6-3-2-4-8(12)10(18)15-7-5-9(17)16-11(13)19;/h8H,2-7,14H2,1H3,(H,15,18)(H3,13,16,17,19);1H. The minimum Gasteiger partial charge on any atom is -0.355 e. The molecule has 20 heavy (non-hydrogen) atoms. The molecule has 1 aliphatic rings. The number of nitrogens with one attached hydrogen (secondary N) is 2. The van der Waals surface area contributed by atoms with Crippen LogP contribution in [0, 0.1) is 5.92 Å². The molecule has 6 N–H and O–H groups in total. The van der Waals surface area contributed by atoms with E-state index >= 15 is 0 Å². The Morgan fingerprint density at radius 1 is 1.30 bits per heavy atom. The van der Waals surface area contributed by atoms with E-state index in [4.69, 9.17) is 11.5 Å². The Morgan fingerprint density at radius 3 is 2.50 bits per heavy atom. The average molecular weight is 307 g/mol. The Bertz CT molecular complexity index is 374. The van der Waals surface area contributed by atoms with E-state index in [1.165, 1.54) is 0 Å². The SMILES string of the molecule is CC1(N)CCCCC1C(=O)NCCC(=O)NC(N)=O.Cl. The maximum Gasteiger partial charge on any atom is 0.318 e. The number of primary amides is 1. The van der Waals surface area contributed by atoms with Crippen LogP contribution >= 0.6 is 12.4 Å². The first kappa shape index (κ1) is 18.7. The third-order valence-corrected chi connectivity index (χ3v) is 3.48. The van der Waals surface area contributed by atoms with E-state index in [1.54, 1.807) is 0 Å². The fourth-order valence-corrected chi connectivity index (χ4v) is 2.41. The number of imide groups is 1. The number of nitrogens with two attached hydrogens (primary N) is 2. The molecule has 8 heteroatoms. The van der Waals surface area contributed by atoms with Crippen molar-refractivity contribution < 1.29 is 14.4 Å². The molecule has 0 spiro atoms. The molecule has 0 bridgehead atoms. The molecule has 0 aromatic heterocycles. The number of amides is 4. The maximum atomic E-state index is 12.0. The van der Waals surface area contributed by atoms with Crippen molar-refractivity contribution >= 4 is 30.3 Å². The summed E-state index contributed by atoms with van der Waals surface area (Å²) >= 11 is 0. The molecular formula is C12H23ClN4O3. The van der Waals surface area contributed by atoms with E-state index in [1.807, 2.05) is 12.2 Å². The Hall–Kier alpha value is -1.34. The quantitative estimate of drug-likeness (QED) is 0.583. The lowest BCUT2D eigenvalue weighted by atomic mass is 9.74. The highest BCUT2D eigenvalue weighted by Crippen LogP contribution is 2.31. The lowest BCUT2D eigenvalue weighted by Crippen LogP contribution is -2.53. The molecule has 1 aliphatic carbocycles. The first-order chi connectivity index (χ1) is 8.83. The van der Waals surface area contributed by atoms with Gasteiger partial charge in [-0.3, -0.25) is 14.9 Å². The second kappa shape index (κ2) is 8.06. The van der Waals surface area contributed by atoms with Gasteiger partial charge >= 0.3 is 6.03 Å². The number of urea groups is 1. The molecular weight excluding hydrogens is 284 g/mol. The molecule has 0 aliphatic heterocycles. The lowest BCUT2D eigenvalue weighted by Gasteiger charge is -2.37. The topological polar surface area (TPSA) is 127 Å². The summed E-state index contributed by atoms with van der Waals surface area (Å²) < 4.78 is 0. The van der Waals surface area contributed by atoms with Gasteiger partial charge in [0.05, 0.1) is 5.92 Å². The fraction of sp³-hybridized carbons (Fsp3) is 0.750. The van der Waals surface area contributed by atoms with Gasteiger partial charge in [0, 0.05) is 18.5 Å². The average Bonchev–Trinajstić information content (AvgIpc) is 2.26. The Morgan fingerprint density at radius 2 is 1.95 bits per heavy atom. The van der Waals surface area contributed by atoms with Gasteiger partial charge in [-0.15, -0.1) is 12.4 Å². The number of rotatable bonds is 4. The van der Waals surface area contributed by atoms with Crippen molar-refractivity contribution in [1.29, 1.82) is 0 Å². The van der Waals surface area contributed by atoms with Crippen LogP contribution in [0.1, 0.15) is 39.0 Å². The molecule has 116 valence electrons. The van der Waals surface area contributed by atoms with Crippen LogP contribution in [0.4, 0.5) is 4.79 Å². The lowest BCUT2D eigenvalue weighted by molar-refractivity contribution is -0.128. The fourth-order valence-electron chi connectivity index (χ4n) is 2.41. The van der Waals surface area contributed by atoms with Crippen LogP contribution in [0.2, 0.25) is 0 Å². The largest absolute Gasteiger partial charge is 0.355 e. The smallest absolute Gasteiger partial charge is 0.318 e. The van der Waals surface area contributed by atoms with Crippen LogP contribution in [-0.4, -0.2) is 29.9 Å². The van der Waals surface area contributed by atoms with Crippen LogP contribution in [0.3, 0.4) is 0 Å². The molecule has 0 aromatic rings. The van der Waals surface area contributed by atoms with E-state index in [0.717, 1.165) is 25.7 Å². The monoisotopic (exact) mass is 306 g/mol. The molecule has 1 fully saturated rings. The van der Waals surface area contributed by atoms with E-state index in [-0.39, 0.29) is 37.2 Å². The molecule has 4 amide bonds. The predicted octanol–water partition coefficient (Wildman–Crippen LogP) is 0.0170. The maximum absolute atomic E-state index is 12.0. The van der Waals surface area contributed by atoms with E-state index in [9.17, 15) is 14.4 Å². The third-order valence-electron chi connectivity index (χ3n) is 3.48. The highest BCUT2D eigenvalue weighted by atomic mass is 35.5.